The summed E-state index contributed by atoms with van der Waals surface area (Å²) in [4.78, 5) is 26.1. The van der Waals surface area contributed by atoms with Crippen LogP contribution in [0.15, 0.2) is 18.2 Å². The summed E-state index contributed by atoms with van der Waals surface area (Å²) >= 11 is 0. The zero-order valence-corrected chi connectivity index (χ0v) is 12.6. The van der Waals surface area contributed by atoms with Gasteiger partial charge in [-0.25, -0.2) is 9.18 Å². The van der Waals surface area contributed by atoms with Crippen molar-refractivity contribution in [3.8, 4) is 5.75 Å². The van der Waals surface area contributed by atoms with Gasteiger partial charge >= 0.3 is 5.97 Å². The molecule has 0 bridgehead atoms. The first-order chi connectivity index (χ1) is 10.4. The number of aryl methyl sites for hydroxylation is 1. The maximum Gasteiger partial charge on any atom is 0.330 e. The van der Waals surface area contributed by atoms with Gasteiger partial charge in [-0.2, -0.15) is 0 Å². The van der Waals surface area contributed by atoms with E-state index in [1.165, 1.54) is 13.0 Å². The van der Waals surface area contributed by atoms with Gasteiger partial charge in [0.15, 0.2) is 0 Å². The Balaban J connectivity index is 1.74. The normalized spacial score (nSPS) is 27.6. The van der Waals surface area contributed by atoms with Crippen molar-refractivity contribution in [2.75, 3.05) is 13.2 Å². The Bertz CT molecular complexity index is 633. The Morgan fingerprint density at radius 2 is 2.23 bits per heavy atom. The molecular formula is C16H18FNO4. The van der Waals surface area contributed by atoms with Gasteiger partial charge in [-0.1, -0.05) is 6.07 Å². The zero-order valence-electron chi connectivity index (χ0n) is 12.6. The molecule has 2 aliphatic heterocycles. The SMILES string of the molecule is Cc1ccc(OC[C@]2(C)OC(=O)[C@H]3CCCN3C2=O)cc1F. The highest BCUT2D eigenvalue weighted by atomic mass is 19.1. The third-order valence-corrected chi connectivity index (χ3v) is 4.22. The summed E-state index contributed by atoms with van der Waals surface area (Å²) in [5.74, 6) is -0.716. The van der Waals surface area contributed by atoms with E-state index in [-0.39, 0.29) is 18.3 Å². The number of nitrogens with zero attached hydrogens (tertiary/aromatic N) is 1. The smallest absolute Gasteiger partial charge is 0.330 e. The van der Waals surface area contributed by atoms with Gasteiger partial charge in [-0.3, -0.25) is 4.79 Å². The average Bonchev–Trinajstić information content (AvgIpc) is 2.96. The number of fused-ring (bicyclic) bond motifs is 1. The van der Waals surface area contributed by atoms with Gasteiger partial charge in [0, 0.05) is 12.6 Å². The minimum Gasteiger partial charge on any atom is -0.489 e. The highest BCUT2D eigenvalue weighted by Crippen LogP contribution is 2.31. The topological polar surface area (TPSA) is 55.8 Å². The lowest BCUT2D eigenvalue weighted by Gasteiger charge is -2.39. The number of morpholine rings is 1. The molecule has 5 nitrogen and oxygen atoms in total. The van der Waals surface area contributed by atoms with Crippen molar-refractivity contribution in [1.82, 2.24) is 4.90 Å². The van der Waals surface area contributed by atoms with Crippen molar-refractivity contribution in [2.45, 2.75) is 38.3 Å². The van der Waals surface area contributed by atoms with Crippen LogP contribution in [0.4, 0.5) is 4.39 Å². The molecule has 0 aromatic heterocycles. The minimum absolute atomic E-state index is 0.136. The molecule has 118 valence electrons. The summed E-state index contributed by atoms with van der Waals surface area (Å²) in [5, 5.41) is 0. The van der Waals surface area contributed by atoms with E-state index in [2.05, 4.69) is 0 Å². The molecule has 0 radical (unpaired) electrons. The first-order valence-electron chi connectivity index (χ1n) is 7.33. The van der Waals surface area contributed by atoms with Gasteiger partial charge in [-0.15, -0.1) is 0 Å². The summed E-state index contributed by atoms with van der Waals surface area (Å²) in [6, 6.07) is 4.01. The molecule has 1 aromatic rings. The third kappa shape index (κ3) is 2.42. The molecule has 0 N–H and O–H groups in total. The predicted molar refractivity (Wildman–Crippen MR) is 75.9 cm³/mol. The maximum atomic E-state index is 13.5. The molecule has 22 heavy (non-hydrogen) atoms. The highest BCUT2D eigenvalue weighted by molar-refractivity contribution is 5.95. The molecule has 0 aliphatic carbocycles. The van der Waals surface area contributed by atoms with E-state index < -0.39 is 17.6 Å². The van der Waals surface area contributed by atoms with Crippen LogP contribution in [0, 0.1) is 12.7 Å². The number of rotatable bonds is 3. The minimum atomic E-state index is -1.36. The van der Waals surface area contributed by atoms with E-state index >= 15 is 0 Å². The summed E-state index contributed by atoms with van der Waals surface area (Å²) in [5.41, 5.74) is -0.849. The number of hydrogen-bond donors (Lipinski definition) is 0. The first-order valence-corrected chi connectivity index (χ1v) is 7.33. The average molecular weight is 307 g/mol. The number of carbonyl (C=O) groups is 2. The van der Waals surface area contributed by atoms with E-state index in [0.29, 0.717) is 24.3 Å². The molecule has 0 saturated carbocycles. The first kappa shape index (κ1) is 14.8. The molecule has 2 aliphatic rings. The van der Waals surface area contributed by atoms with E-state index in [1.807, 2.05) is 0 Å². The molecule has 1 amide bonds. The van der Waals surface area contributed by atoms with Crippen molar-refractivity contribution in [3.05, 3.63) is 29.6 Å². The molecule has 6 heteroatoms. The molecule has 2 atom stereocenters. The lowest BCUT2D eigenvalue weighted by atomic mass is 10.0. The Morgan fingerprint density at radius 1 is 1.45 bits per heavy atom. The lowest BCUT2D eigenvalue weighted by molar-refractivity contribution is -0.191. The second kappa shape index (κ2) is 5.26. The van der Waals surface area contributed by atoms with Crippen LogP contribution in [-0.2, 0) is 14.3 Å². The Hall–Kier alpha value is -2.11. The summed E-state index contributed by atoms with van der Waals surface area (Å²) in [6.07, 6.45) is 1.44. The summed E-state index contributed by atoms with van der Waals surface area (Å²) in [6.45, 7) is 3.61. The number of ether oxygens (including phenoxy) is 2. The maximum absolute atomic E-state index is 13.5. The highest BCUT2D eigenvalue weighted by Gasteiger charge is 2.52. The molecule has 3 rings (SSSR count). The summed E-state index contributed by atoms with van der Waals surface area (Å²) in [7, 11) is 0. The predicted octanol–water partition coefficient (Wildman–Crippen LogP) is 1.82. The van der Waals surface area contributed by atoms with Gasteiger partial charge in [0.2, 0.25) is 5.60 Å². The fourth-order valence-electron chi connectivity index (χ4n) is 2.87. The Morgan fingerprint density at radius 3 is 2.95 bits per heavy atom. The fourth-order valence-corrected chi connectivity index (χ4v) is 2.87. The number of halogens is 1. The molecule has 2 fully saturated rings. The van der Waals surface area contributed by atoms with Crippen LogP contribution in [-0.4, -0.2) is 41.6 Å². The fraction of sp³-hybridized carbons (Fsp3) is 0.500. The Labute approximate surface area is 128 Å². The quantitative estimate of drug-likeness (QED) is 0.799. The number of cyclic esters (lactones) is 1. The van der Waals surface area contributed by atoms with Gasteiger partial charge in [0.05, 0.1) is 0 Å². The van der Waals surface area contributed by atoms with Crippen LogP contribution in [0.1, 0.15) is 25.3 Å². The van der Waals surface area contributed by atoms with Gasteiger partial charge < -0.3 is 14.4 Å². The number of carbonyl (C=O) groups excluding carboxylic acids is 2. The zero-order chi connectivity index (χ0) is 15.9. The van der Waals surface area contributed by atoms with Crippen LogP contribution in [0.5, 0.6) is 5.75 Å². The van der Waals surface area contributed by atoms with E-state index in [0.717, 1.165) is 6.42 Å². The van der Waals surface area contributed by atoms with Crippen molar-refractivity contribution >= 4 is 11.9 Å². The van der Waals surface area contributed by atoms with Crippen LogP contribution in [0.3, 0.4) is 0 Å². The largest absolute Gasteiger partial charge is 0.489 e. The number of amides is 1. The summed E-state index contributed by atoms with van der Waals surface area (Å²) < 4.78 is 24.3. The van der Waals surface area contributed by atoms with E-state index in [1.54, 1.807) is 24.0 Å². The number of esters is 1. The van der Waals surface area contributed by atoms with Gasteiger partial charge in [0.1, 0.15) is 24.2 Å². The second-order valence-electron chi connectivity index (χ2n) is 6.01. The van der Waals surface area contributed by atoms with Crippen molar-refractivity contribution < 1.29 is 23.5 Å². The molecule has 2 heterocycles. The molecular weight excluding hydrogens is 289 g/mol. The van der Waals surface area contributed by atoms with E-state index in [9.17, 15) is 14.0 Å². The van der Waals surface area contributed by atoms with Crippen molar-refractivity contribution in [2.24, 2.45) is 0 Å². The van der Waals surface area contributed by atoms with Crippen LogP contribution in [0.25, 0.3) is 0 Å². The second-order valence-corrected chi connectivity index (χ2v) is 6.01. The molecule has 0 spiro atoms. The van der Waals surface area contributed by atoms with Crippen molar-refractivity contribution in [3.63, 3.8) is 0 Å². The van der Waals surface area contributed by atoms with Crippen LogP contribution < -0.4 is 4.74 Å². The van der Waals surface area contributed by atoms with Crippen LogP contribution in [0.2, 0.25) is 0 Å². The van der Waals surface area contributed by atoms with Crippen molar-refractivity contribution in [1.29, 1.82) is 0 Å². The number of benzene rings is 1. The number of hydrogen-bond acceptors (Lipinski definition) is 4. The standard InChI is InChI=1S/C16H18FNO4/c1-10-5-6-11(8-12(10)17)21-9-16(2)15(20)18-7-3-4-13(18)14(19)22-16/h5-6,8,13H,3-4,7,9H2,1-2H3/t13-,16+/m1/s1. The van der Waals surface area contributed by atoms with Crippen LogP contribution >= 0.6 is 0 Å². The van der Waals surface area contributed by atoms with Gasteiger partial charge in [-0.05, 0) is 38.3 Å². The van der Waals surface area contributed by atoms with Gasteiger partial charge in [0.25, 0.3) is 5.91 Å². The third-order valence-electron chi connectivity index (χ3n) is 4.22. The Kier molecular flexibility index (Phi) is 3.54. The monoisotopic (exact) mass is 307 g/mol. The lowest BCUT2D eigenvalue weighted by Crippen LogP contribution is -2.61. The van der Waals surface area contributed by atoms with E-state index in [4.69, 9.17) is 9.47 Å². The molecule has 2 saturated heterocycles. The molecule has 1 aromatic carbocycles. The molecule has 0 unspecified atom stereocenters.